The first kappa shape index (κ1) is 39.9. The number of hydrogen-bond donors (Lipinski definition) is 2. The first-order chi connectivity index (χ1) is 24.8. The van der Waals surface area contributed by atoms with Crippen molar-refractivity contribution in [2.24, 2.45) is 4.99 Å². The maximum Gasteiger partial charge on any atom is 0.414 e. The summed E-state index contributed by atoms with van der Waals surface area (Å²) in [5.74, 6) is -1.30. The molecule has 1 heterocycles. The molecule has 4 aromatic rings. The average Bonchev–Trinajstić information content (AvgIpc) is 3.45. The number of aliphatic imine (C=N–C) groups is 1. The van der Waals surface area contributed by atoms with Crippen LogP contribution in [0, 0.1) is 0 Å². The Kier molecular flexibility index (Phi) is 12.5. The summed E-state index contributed by atoms with van der Waals surface area (Å²) in [6, 6.07) is 17.8. The van der Waals surface area contributed by atoms with E-state index in [0.29, 0.717) is 21.2 Å². The number of amides is 3. The van der Waals surface area contributed by atoms with Crippen molar-refractivity contribution in [3.8, 4) is 5.75 Å². The van der Waals surface area contributed by atoms with Crippen LogP contribution in [0.15, 0.2) is 77.1 Å². The van der Waals surface area contributed by atoms with Crippen LogP contribution < -0.4 is 15.4 Å². The Bertz CT molecular complexity index is 2040. The highest BCUT2D eigenvalue weighted by Crippen LogP contribution is 2.31. The number of carbonyl (C=O) groups excluding carboxylic acids is 6. The second-order valence-corrected chi connectivity index (χ2v) is 15.0. The van der Waals surface area contributed by atoms with Crippen molar-refractivity contribution in [1.29, 1.82) is 0 Å². The van der Waals surface area contributed by atoms with Gasteiger partial charge in [-0.25, -0.2) is 19.4 Å². The normalized spacial score (nSPS) is 11.2. The maximum atomic E-state index is 13.7. The van der Waals surface area contributed by atoms with Crippen LogP contribution in [0.4, 0.5) is 15.3 Å². The molecule has 0 fully saturated rings. The third-order valence-electron chi connectivity index (χ3n) is 6.98. The number of nitrogens with one attached hydrogen (secondary N) is 2. The van der Waals surface area contributed by atoms with Crippen LogP contribution in [-0.2, 0) is 20.8 Å². The van der Waals surface area contributed by atoms with E-state index in [1.54, 1.807) is 89.4 Å². The molecule has 53 heavy (non-hydrogen) atoms. The van der Waals surface area contributed by atoms with Gasteiger partial charge in [-0.15, -0.1) is 11.3 Å². The summed E-state index contributed by atoms with van der Waals surface area (Å²) >= 11 is 1.29. The van der Waals surface area contributed by atoms with Gasteiger partial charge in [-0.3, -0.25) is 25.0 Å². The fourth-order valence-electron chi connectivity index (χ4n) is 4.84. The minimum absolute atomic E-state index is 0.101. The molecular weight excluding hydrogens is 701 g/mol. The minimum atomic E-state index is -0.850. The number of carbonyl (C=O) groups is 6. The largest absolute Gasteiger partial charge is 0.444 e. The lowest BCUT2D eigenvalue weighted by Crippen LogP contribution is -2.47. The van der Waals surface area contributed by atoms with Crippen molar-refractivity contribution in [2.45, 2.75) is 73.1 Å². The SMILES string of the molecule is CC(=O)CN(Cc1cccc(C(C)=O)c1)C(=O)c1csc2cc(OC(=O)c3ccc(N=C(NC(=O)OC(C)(C)C)NC(=O)OC(C)(C)C)cc3)ccc12. The van der Waals surface area contributed by atoms with Crippen LogP contribution in [0.25, 0.3) is 10.1 Å². The summed E-state index contributed by atoms with van der Waals surface area (Å²) in [5, 5.41) is 7.12. The Hall–Kier alpha value is -5.89. The molecule has 0 saturated carbocycles. The second kappa shape index (κ2) is 16.6. The number of fused-ring (bicyclic) bond motifs is 1. The number of esters is 1. The summed E-state index contributed by atoms with van der Waals surface area (Å²) in [7, 11) is 0. The van der Waals surface area contributed by atoms with E-state index in [1.165, 1.54) is 54.3 Å². The van der Waals surface area contributed by atoms with Crippen molar-refractivity contribution in [2.75, 3.05) is 6.54 Å². The molecule has 0 aliphatic carbocycles. The van der Waals surface area contributed by atoms with Crippen LogP contribution >= 0.6 is 11.3 Å². The van der Waals surface area contributed by atoms with Crippen molar-refractivity contribution >= 4 is 68.7 Å². The number of hydrogen-bond acceptors (Lipinski definition) is 11. The Morgan fingerprint density at radius 3 is 1.96 bits per heavy atom. The van der Waals surface area contributed by atoms with Gasteiger partial charge in [0.15, 0.2) is 5.78 Å². The third kappa shape index (κ3) is 12.1. The fraction of sp³-hybridized carbons (Fsp3) is 0.308. The summed E-state index contributed by atoms with van der Waals surface area (Å²) in [4.78, 5) is 81.3. The predicted molar refractivity (Wildman–Crippen MR) is 201 cm³/mol. The smallest absolute Gasteiger partial charge is 0.414 e. The number of alkyl carbamates (subject to hydrolysis) is 2. The molecule has 3 aromatic carbocycles. The molecule has 3 amide bonds. The molecule has 1 aromatic heterocycles. The van der Waals surface area contributed by atoms with Crippen molar-refractivity contribution in [1.82, 2.24) is 15.5 Å². The molecular formula is C39H42N4O9S. The molecule has 0 radical (unpaired) electrons. The van der Waals surface area contributed by atoms with Gasteiger partial charge in [-0.1, -0.05) is 18.2 Å². The van der Waals surface area contributed by atoms with Crippen LogP contribution in [-0.4, -0.2) is 64.2 Å². The van der Waals surface area contributed by atoms with Gasteiger partial charge in [0.05, 0.1) is 23.4 Å². The number of thiophene rings is 1. The van der Waals surface area contributed by atoms with Crippen molar-refractivity contribution in [3.63, 3.8) is 0 Å². The van der Waals surface area contributed by atoms with E-state index in [2.05, 4.69) is 15.6 Å². The Labute approximate surface area is 311 Å². The van der Waals surface area contributed by atoms with Crippen LogP contribution in [0.1, 0.15) is 92.0 Å². The molecule has 0 atom stereocenters. The van der Waals surface area contributed by atoms with Gasteiger partial charge in [0.2, 0.25) is 5.96 Å². The molecule has 13 nitrogen and oxygen atoms in total. The molecule has 2 N–H and O–H groups in total. The first-order valence-corrected chi connectivity index (χ1v) is 17.4. The third-order valence-corrected chi connectivity index (χ3v) is 7.92. The predicted octanol–water partition coefficient (Wildman–Crippen LogP) is 7.59. The highest BCUT2D eigenvalue weighted by Gasteiger charge is 2.23. The highest BCUT2D eigenvalue weighted by molar-refractivity contribution is 7.17. The van der Waals surface area contributed by atoms with Gasteiger partial charge in [0, 0.05) is 27.6 Å². The summed E-state index contributed by atoms with van der Waals surface area (Å²) in [5.41, 5.74) is 0.494. The molecule has 0 bridgehead atoms. The lowest BCUT2D eigenvalue weighted by atomic mass is 10.1. The van der Waals surface area contributed by atoms with Gasteiger partial charge >= 0.3 is 18.2 Å². The number of nitrogens with zero attached hydrogens (tertiary/aromatic N) is 2. The zero-order chi connectivity index (χ0) is 39.1. The minimum Gasteiger partial charge on any atom is -0.444 e. The van der Waals surface area contributed by atoms with Gasteiger partial charge in [-0.2, -0.15) is 0 Å². The zero-order valence-electron chi connectivity index (χ0n) is 30.8. The van der Waals surface area contributed by atoms with E-state index in [-0.39, 0.29) is 53.5 Å². The fourth-order valence-corrected chi connectivity index (χ4v) is 5.80. The van der Waals surface area contributed by atoms with Crippen molar-refractivity contribution in [3.05, 3.63) is 94.4 Å². The molecule has 0 aliphatic rings. The van der Waals surface area contributed by atoms with Crippen LogP contribution in [0.3, 0.4) is 0 Å². The van der Waals surface area contributed by atoms with Gasteiger partial charge in [0.25, 0.3) is 5.91 Å². The summed E-state index contributed by atoms with van der Waals surface area (Å²) < 4.78 is 16.8. The zero-order valence-corrected chi connectivity index (χ0v) is 31.6. The average molecular weight is 743 g/mol. The Morgan fingerprint density at radius 1 is 0.774 bits per heavy atom. The molecule has 4 rings (SSSR count). The summed E-state index contributed by atoms with van der Waals surface area (Å²) in [6.45, 7) is 13.0. The van der Waals surface area contributed by atoms with E-state index < -0.39 is 29.4 Å². The van der Waals surface area contributed by atoms with Gasteiger partial charge in [-0.05, 0) is 109 Å². The highest BCUT2D eigenvalue weighted by atomic mass is 32.1. The molecule has 0 aliphatic heterocycles. The van der Waals surface area contributed by atoms with Gasteiger partial charge in [0.1, 0.15) is 22.7 Å². The van der Waals surface area contributed by atoms with E-state index in [4.69, 9.17) is 14.2 Å². The van der Waals surface area contributed by atoms with Crippen molar-refractivity contribution < 1.29 is 43.0 Å². The van der Waals surface area contributed by atoms with E-state index in [0.717, 1.165) is 5.56 Å². The van der Waals surface area contributed by atoms with Crippen LogP contribution in [0.2, 0.25) is 0 Å². The summed E-state index contributed by atoms with van der Waals surface area (Å²) in [6.07, 6.45) is -1.70. The molecule has 14 heteroatoms. The monoisotopic (exact) mass is 742 g/mol. The first-order valence-electron chi connectivity index (χ1n) is 16.6. The topological polar surface area (TPSA) is 170 Å². The Morgan fingerprint density at radius 2 is 1.40 bits per heavy atom. The number of benzene rings is 3. The molecule has 0 spiro atoms. The quantitative estimate of drug-likeness (QED) is 0.0577. The van der Waals surface area contributed by atoms with E-state index in [9.17, 15) is 28.8 Å². The number of rotatable bonds is 9. The lowest BCUT2D eigenvalue weighted by molar-refractivity contribution is -0.117. The number of Topliss-reactive ketones (excluding diaryl/α,β-unsaturated/α-hetero) is 2. The Balaban J connectivity index is 1.49. The number of guanidine groups is 1. The second-order valence-electron chi connectivity index (χ2n) is 14.1. The standard InChI is InChI=1S/C39H42N4O9S/c1-23(44)20-43(21-25-10-9-11-27(18-25)24(2)45)33(46)31-22-53-32-19-29(16-17-30(31)32)50-34(47)26-12-14-28(15-13-26)40-35(41-36(48)51-38(3,4)5)42-37(49)52-39(6,7)8/h9-19,22H,20-21H2,1-8H3,(H2,40,41,42,48,49). The van der Waals surface area contributed by atoms with Gasteiger partial charge < -0.3 is 19.1 Å². The maximum absolute atomic E-state index is 13.7. The van der Waals surface area contributed by atoms with Crippen LogP contribution in [0.5, 0.6) is 5.75 Å². The molecule has 278 valence electrons. The van der Waals surface area contributed by atoms with E-state index >= 15 is 0 Å². The molecule has 0 unspecified atom stereocenters. The lowest BCUT2D eigenvalue weighted by Gasteiger charge is -2.22. The number of ether oxygens (including phenoxy) is 3. The molecule has 0 saturated heterocycles. The van der Waals surface area contributed by atoms with E-state index in [1.807, 2.05) is 0 Å². The number of ketones is 2.